The maximum absolute atomic E-state index is 10.4. The molecule has 0 spiro atoms. The average molecular weight is 161 g/mol. The minimum Gasteiger partial charge on any atom is -0.480 e. The first-order chi connectivity index (χ1) is 4.91. The number of hydrogen-bond donors (Lipinski definition) is 2. The average Bonchev–Trinajstić information content (AvgIpc) is 1.86. The zero-order valence-corrected chi connectivity index (χ0v) is 7.13. The second-order valence-corrected chi connectivity index (χ2v) is 2.85. The molecular weight excluding hydrogens is 146 g/mol. The molecule has 1 atom stereocenters. The van der Waals surface area contributed by atoms with Crippen LogP contribution in [0.25, 0.3) is 0 Å². The molecule has 0 aromatic carbocycles. The highest BCUT2D eigenvalue weighted by Gasteiger charge is 2.32. The van der Waals surface area contributed by atoms with E-state index in [0.29, 0.717) is 6.61 Å². The van der Waals surface area contributed by atoms with Gasteiger partial charge in [-0.15, -0.1) is 0 Å². The summed E-state index contributed by atoms with van der Waals surface area (Å²) >= 11 is 0. The third-order valence-electron chi connectivity index (χ3n) is 1.53. The molecule has 0 bridgehead atoms. The van der Waals surface area contributed by atoms with Crippen LogP contribution in [-0.4, -0.2) is 29.3 Å². The van der Waals surface area contributed by atoms with Crippen molar-refractivity contribution in [3.05, 3.63) is 0 Å². The standard InChI is InChI=1S/C7H15NO3/c1-4-11-7(2,3)5(8)6(9)10/h5H,4,8H2,1-3H3,(H,9,10). The molecule has 0 rings (SSSR count). The molecule has 0 aliphatic rings. The number of ether oxygens (including phenoxy) is 1. The first kappa shape index (κ1) is 10.4. The van der Waals surface area contributed by atoms with E-state index < -0.39 is 17.6 Å². The molecule has 4 nitrogen and oxygen atoms in total. The van der Waals surface area contributed by atoms with Gasteiger partial charge in [0.2, 0.25) is 0 Å². The smallest absolute Gasteiger partial charge is 0.323 e. The molecule has 0 saturated carbocycles. The highest BCUT2D eigenvalue weighted by molar-refractivity contribution is 5.74. The maximum atomic E-state index is 10.4. The van der Waals surface area contributed by atoms with E-state index >= 15 is 0 Å². The van der Waals surface area contributed by atoms with Crippen molar-refractivity contribution in [3.8, 4) is 0 Å². The van der Waals surface area contributed by atoms with Crippen LogP contribution in [0, 0.1) is 0 Å². The van der Waals surface area contributed by atoms with Crippen molar-refractivity contribution in [1.29, 1.82) is 0 Å². The van der Waals surface area contributed by atoms with Crippen LogP contribution >= 0.6 is 0 Å². The van der Waals surface area contributed by atoms with E-state index in [0.717, 1.165) is 0 Å². The lowest BCUT2D eigenvalue weighted by Crippen LogP contribution is -2.50. The predicted octanol–water partition coefficient (Wildman–Crippen LogP) is 0.213. The summed E-state index contributed by atoms with van der Waals surface area (Å²) in [5, 5.41) is 8.54. The van der Waals surface area contributed by atoms with Gasteiger partial charge < -0.3 is 15.6 Å². The zero-order chi connectivity index (χ0) is 9.07. The molecule has 4 heteroatoms. The highest BCUT2D eigenvalue weighted by atomic mass is 16.5. The summed E-state index contributed by atoms with van der Waals surface area (Å²) in [4.78, 5) is 10.4. The van der Waals surface area contributed by atoms with Gasteiger partial charge in [-0.05, 0) is 20.8 Å². The lowest BCUT2D eigenvalue weighted by molar-refractivity contribution is -0.146. The molecule has 11 heavy (non-hydrogen) atoms. The molecule has 0 aromatic heterocycles. The second-order valence-electron chi connectivity index (χ2n) is 2.85. The van der Waals surface area contributed by atoms with Gasteiger partial charge in [0.25, 0.3) is 0 Å². The quantitative estimate of drug-likeness (QED) is 0.618. The summed E-state index contributed by atoms with van der Waals surface area (Å²) < 4.78 is 5.15. The number of hydrogen-bond acceptors (Lipinski definition) is 3. The molecule has 3 N–H and O–H groups in total. The van der Waals surface area contributed by atoms with Gasteiger partial charge in [-0.2, -0.15) is 0 Å². The Hall–Kier alpha value is -0.610. The SMILES string of the molecule is CCOC(C)(C)C(N)C(=O)O. The monoisotopic (exact) mass is 161 g/mol. The largest absolute Gasteiger partial charge is 0.480 e. The van der Waals surface area contributed by atoms with Gasteiger partial charge in [-0.25, -0.2) is 0 Å². The lowest BCUT2D eigenvalue weighted by Gasteiger charge is -2.28. The number of aliphatic carboxylic acids is 1. The minimum absolute atomic E-state index is 0.466. The number of rotatable bonds is 4. The number of carboxylic acids is 1. The first-order valence-corrected chi connectivity index (χ1v) is 3.54. The van der Waals surface area contributed by atoms with Gasteiger partial charge in [0.05, 0.1) is 5.60 Å². The summed E-state index contributed by atoms with van der Waals surface area (Å²) in [6.07, 6.45) is 0. The fourth-order valence-corrected chi connectivity index (χ4v) is 0.759. The van der Waals surface area contributed by atoms with Crippen molar-refractivity contribution in [2.24, 2.45) is 5.73 Å². The van der Waals surface area contributed by atoms with Crippen molar-refractivity contribution < 1.29 is 14.6 Å². The molecule has 1 unspecified atom stereocenters. The second kappa shape index (κ2) is 3.69. The molecule has 0 aromatic rings. The third-order valence-corrected chi connectivity index (χ3v) is 1.53. The molecule has 0 saturated heterocycles. The van der Waals surface area contributed by atoms with Crippen molar-refractivity contribution in [2.75, 3.05) is 6.61 Å². The van der Waals surface area contributed by atoms with E-state index in [1.165, 1.54) is 0 Å². The fourth-order valence-electron chi connectivity index (χ4n) is 0.759. The lowest BCUT2D eigenvalue weighted by atomic mass is 10.00. The van der Waals surface area contributed by atoms with Crippen LogP contribution in [-0.2, 0) is 9.53 Å². The Bertz CT molecular complexity index is 145. The molecule has 0 amide bonds. The first-order valence-electron chi connectivity index (χ1n) is 3.54. The van der Waals surface area contributed by atoms with E-state index in [2.05, 4.69) is 0 Å². The molecule has 0 aliphatic carbocycles. The van der Waals surface area contributed by atoms with Gasteiger partial charge >= 0.3 is 5.97 Å². The van der Waals surface area contributed by atoms with Gasteiger partial charge in [0.15, 0.2) is 0 Å². The summed E-state index contributed by atoms with van der Waals surface area (Å²) in [6, 6.07) is -0.970. The van der Waals surface area contributed by atoms with Gasteiger partial charge in [0.1, 0.15) is 6.04 Å². The van der Waals surface area contributed by atoms with E-state index in [1.807, 2.05) is 0 Å². The molecule has 0 aliphatic heterocycles. The number of nitrogens with two attached hydrogens (primary N) is 1. The Balaban J connectivity index is 4.16. The Kier molecular flexibility index (Phi) is 3.48. The van der Waals surface area contributed by atoms with Crippen LogP contribution in [0.3, 0.4) is 0 Å². The van der Waals surface area contributed by atoms with Gasteiger partial charge in [-0.1, -0.05) is 0 Å². The number of carbonyl (C=O) groups is 1. The highest BCUT2D eigenvalue weighted by Crippen LogP contribution is 2.12. The normalized spacial score (nSPS) is 14.5. The summed E-state index contributed by atoms with van der Waals surface area (Å²) in [5.41, 5.74) is 4.56. The van der Waals surface area contributed by atoms with Crippen LogP contribution in [0.4, 0.5) is 0 Å². The Morgan fingerprint density at radius 3 is 2.45 bits per heavy atom. The van der Waals surface area contributed by atoms with Crippen LogP contribution < -0.4 is 5.73 Å². The maximum Gasteiger partial charge on any atom is 0.323 e. The molecule has 0 heterocycles. The van der Waals surface area contributed by atoms with E-state index in [-0.39, 0.29) is 0 Å². The summed E-state index contributed by atoms with van der Waals surface area (Å²) in [6.45, 7) is 5.59. The Morgan fingerprint density at radius 1 is 1.73 bits per heavy atom. The molecule has 66 valence electrons. The zero-order valence-electron chi connectivity index (χ0n) is 7.13. The topological polar surface area (TPSA) is 72.5 Å². The van der Waals surface area contributed by atoms with Crippen molar-refractivity contribution in [3.63, 3.8) is 0 Å². The Labute approximate surface area is 66.3 Å². The van der Waals surface area contributed by atoms with E-state index in [1.54, 1.807) is 20.8 Å². The van der Waals surface area contributed by atoms with E-state index in [4.69, 9.17) is 15.6 Å². The molecular formula is C7H15NO3. The van der Waals surface area contributed by atoms with Crippen molar-refractivity contribution >= 4 is 5.97 Å². The molecule has 0 fully saturated rings. The van der Waals surface area contributed by atoms with Crippen LogP contribution in [0.2, 0.25) is 0 Å². The van der Waals surface area contributed by atoms with Crippen LogP contribution in [0.1, 0.15) is 20.8 Å². The minimum atomic E-state index is -1.04. The molecule has 0 radical (unpaired) electrons. The summed E-state index contributed by atoms with van der Waals surface area (Å²) in [5.74, 6) is -1.04. The van der Waals surface area contributed by atoms with Crippen molar-refractivity contribution in [2.45, 2.75) is 32.4 Å². The fraction of sp³-hybridized carbons (Fsp3) is 0.857. The van der Waals surface area contributed by atoms with Gasteiger partial charge in [0, 0.05) is 6.61 Å². The third kappa shape index (κ3) is 2.86. The number of carboxylic acid groups (broad SMARTS) is 1. The van der Waals surface area contributed by atoms with Crippen molar-refractivity contribution in [1.82, 2.24) is 0 Å². The van der Waals surface area contributed by atoms with Crippen LogP contribution in [0.15, 0.2) is 0 Å². The van der Waals surface area contributed by atoms with E-state index in [9.17, 15) is 4.79 Å². The van der Waals surface area contributed by atoms with Crippen LogP contribution in [0.5, 0.6) is 0 Å². The predicted molar refractivity (Wildman–Crippen MR) is 41.3 cm³/mol. The van der Waals surface area contributed by atoms with Gasteiger partial charge in [-0.3, -0.25) is 4.79 Å². The summed E-state index contributed by atoms with van der Waals surface area (Å²) in [7, 11) is 0. The Morgan fingerprint density at radius 2 is 2.18 bits per heavy atom.